The largest absolute Gasteiger partial charge is 0.379 e. The first kappa shape index (κ1) is 16.9. The maximum Gasteiger partial charge on any atom is 0.0634 e. The minimum Gasteiger partial charge on any atom is -0.379 e. The highest BCUT2D eigenvalue weighted by Crippen LogP contribution is 2.12. The molecule has 3 nitrogen and oxygen atoms in total. The Morgan fingerprint density at radius 2 is 1.82 bits per heavy atom. The predicted molar refractivity (Wildman–Crippen MR) is 75.5 cm³/mol. The van der Waals surface area contributed by atoms with E-state index >= 15 is 0 Å². The van der Waals surface area contributed by atoms with Crippen LogP contribution in [0.15, 0.2) is 0 Å². The Morgan fingerprint density at radius 1 is 1.24 bits per heavy atom. The number of hydrogen-bond acceptors (Lipinski definition) is 3. The van der Waals surface area contributed by atoms with Gasteiger partial charge < -0.3 is 15.0 Å². The Hall–Kier alpha value is -0.120. The van der Waals surface area contributed by atoms with Gasteiger partial charge in [0.15, 0.2) is 0 Å². The van der Waals surface area contributed by atoms with Crippen LogP contribution in [-0.2, 0) is 4.74 Å². The second-order valence-corrected chi connectivity index (χ2v) is 6.16. The number of nitrogens with zero attached hydrogens (tertiary/aromatic N) is 1. The molecule has 0 bridgehead atoms. The number of rotatable bonds is 9. The molecular formula is C14H32N2O. The van der Waals surface area contributed by atoms with Crippen LogP contribution in [0.5, 0.6) is 0 Å². The zero-order chi connectivity index (χ0) is 13.5. The molecule has 1 unspecified atom stereocenters. The topological polar surface area (TPSA) is 24.5 Å². The van der Waals surface area contributed by atoms with Gasteiger partial charge in [0.05, 0.1) is 5.60 Å². The van der Waals surface area contributed by atoms with Crippen LogP contribution in [0.25, 0.3) is 0 Å². The number of likely N-dealkylation sites (N-methyl/N-ethyl adjacent to an activating group) is 1. The molecule has 0 aromatic heterocycles. The van der Waals surface area contributed by atoms with Crippen molar-refractivity contribution < 1.29 is 4.74 Å². The van der Waals surface area contributed by atoms with Crippen molar-refractivity contribution in [2.24, 2.45) is 5.92 Å². The number of hydrogen-bond donors (Lipinski definition) is 1. The quantitative estimate of drug-likeness (QED) is 0.630. The molecule has 0 heterocycles. The van der Waals surface area contributed by atoms with Crippen molar-refractivity contribution in [3.8, 4) is 0 Å². The van der Waals surface area contributed by atoms with E-state index in [1.807, 2.05) is 0 Å². The van der Waals surface area contributed by atoms with Gasteiger partial charge in [-0.05, 0) is 53.2 Å². The van der Waals surface area contributed by atoms with Gasteiger partial charge in [-0.3, -0.25) is 0 Å². The third-order valence-electron chi connectivity index (χ3n) is 3.31. The molecule has 1 N–H and O–H groups in total. The van der Waals surface area contributed by atoms with Crippen molar-refractivity contribution in [2.45, 2.75) is 52.2 Å². The van der Waals surface area contributed by atoms with E-state index in [9.17, 15) is 0 Å². The summed E-state index contributed by atoms with van der Waals surface area (Å²) in [7, 11) is 6.10. The van der Waals surface area contributed by atoms with Crippen molar-refractivity contribution in [1.29, 1.82) is 0 Å². The Morgan fingerprint density at radius 3 is 2.24 bits per heavy atom. The second-order valence-electron chi connectivity index (χ2n) is 6.16. The molecule has 0 saturated heterocycles. The third kappa shape index (κ3) is 8.58. The summed E-state index contributed by atoms with van der Waals surface area (Å²) in [5, 5.41) is 3.54. The average molecular weight is 244 g/mol. The van der Waals surface area contributed by atoms with Crippen molar-refractivity contribution in [1.82, 2.24) is 10.2 Å². The molecule has 0 rings (SSSR count). The molecule has 1 atom stereocenters. The minimum absolute atomic E-state index is 0.0152. The Kier molecular flexibility index (Phi) is 8.01. The molecule has 3 heteroatoms. The van der Waals surface area contributed by atoms with E-state index in [-0.39, 0.29) is 5.60 Å². The molecule has 17 heavy (non-hydrogen) atoms. The number of ether oxygens (including phenoxy) is 1. The van der Waals surface area contributed by atoms with Gasteiger partial charge in [-0.1, -0.05) is 13.8 Å². The van der Waals surface area contributed by atoms with E-state index in [4.69, 9.17) is 4.74 Å². The first-order valence-corrected chi connectivity index (χ1v) is 6.71. The van der Waals surface area contributed by atoms with Crippen LogP contribution < -0.4 is 5.32 Å². The van der Waals surface area contributed by atoms with Gasteiger partial charge in [0.25, 0.3) is 0 Å². The van der Waals surface area contributed by atoms with Crippen molar-refractivity contribution >= 4 is 0 Å². The maximum atomic E-state index is 5.41. The van der Waals surface area contributed by atoms with Gasteiger partial charge in [0.2, 0.25) is 0 Å². The van der Waals surface area contributed by atoms with Crippen LogP contribution in [-0.4, -0.2) is 50.8 Å². The maximum absolute atomic E-state index is 5.41. The van der Waals surface area contributed by atoms with E-state index < -0.39 is 0 Å². The molecule has 0 fully saturated rings. The molecule has 0 aliphatic carbocycles. The van der Waals surface area contributed by atoms with E-state index in [2.05, 4.69) is 52.0 Å². The van der Waals surface area contributed by atoms with Crippen molar-refractivity contribution in [2.75, 3.05) is 34.3 Å². The summed E-state index contributed by atoms with van der Waals surface area (Å²) in [5.74, 6) is 0.750. The summed E-state index contributed by atoms with van der Waals surface area (Å²) in [6.45, 7) is 10.9. The summed E-state index contributed by atoms with van der Waals surface area (Å²) < 4.78 is 5.41. The molecule has 0 spiro atoms. The first-order valence-electron chi connectivity index (χ1n) is 6.71. The second kappa shape index (κ2) is 8.06. The lowest BCUT2D eigenvalue weighted by atomic mass is 10.0. The van der Waals surface area contributed by atoms with Crippen LogP contribution >= 0.6 is 0 Å². The zero-order valence-electron chi connectivity index (χ0n) is 12.8. The molecule has 0 aromatic rings. The van der Waals surface area contributed by atoms with E-state index in [0.717, 1.165) is 25.4 Å². The molecule has 0 aliphatic heterocycles. The summed E-state index contributed by atoms with van der Waals surface area (Å²) in [5.41, 5.74) is -0.0152. The van der Waals surface area contributed by atoms with Gasteiger partial charge in [-0.2, -0.15) is 0 Å². The van der Waals surface area contributed by atoms with Gasteiger partial charge in [0.1, 0.15) is 0 Å². The van der Waals surface area contributed by atoms with Gasteiger partial charge >= 0.3 is 0 Å². The highest BCUT2D eigenvalue weighted by atomic mass is 16.5. The minimum atomic E-state index is -0.0152. The van der Waals surface area contributed by atoms with E-state index in [1.54, 1.807) is 7.11 Å². The van der Waals surface area contributed by atoms with Crippen LogP contribution in [0.1, 0.15) is 40.5 Å². The van der Waals surface area contributed by atoms with E-state index in [0.29, 0.717) is 6.04 Å². The highest BCUT2D eigenvalue weighted by Gasteiger charge is 2.16. The van der Waals surface area contributed by atoms with Crippen LogP contribution in [0.3, 0.4) is 0 Å². The molecule has 0 amide bonds. The molecule has 0 saturated carbocycles. The lowest BCUT2D eigenvalue weighted by Crippen LogP contribution is -2.40. The van der Waals surface area contributed by atoms with Crippen molar-refractivity contribution in [3.05, 3.63) is 0 Å². The Bertz CT molecular complexity index is 191. The monoisotopic (exact) mass is 244 g/mol. The molecule has 0 radical (unpaired) electrons. The lowest BCUT2D eigenvalue weighted by Gasteiger charge is -2.28. The molecule has 0 aliphatic rings. The molecule has 0 aromatic carbocycles. The van der Waals surface area contributed by atoms with Crippen LogP contribution in [0.2, 0.25) is 0 Å². The lowest BCUT2D eigenvalue weighted by molar-refractivity contribution is 0.0156. The number of methoxy groups -OCH3 is 1. The fourth-order valence-electron chi connectivity index (χ4n) is 1.78. The summed E-state index contributed by atoms with van der Waals surface area (Å²) in [6.07, 6.45) is 2.29. The van der Waals surface area contributed by atoms with Crippen LogP contribution in [0, 0.1) is 5.92 Å². The van der Waals surface area contributed by atoms with Crippen LogP contribution in [0.4, 0.5) is 0 Å². The average Bonchev–Trinajstić information content (AvgIpc) is 2.21. The van der Waals surface area contributed by atoms with Gasteiger partial charge in [-0.25, -0.2) is 0 Å². The van der Waals surface area contributed by atoms with Gasteiger partial charge in [-0.15, -0.1) is 0 Å². The Balaban J connectivity index is 3.83. The summed E-state index contributed by atoms with van der Waals surface area (Å²) >= 11 is 0. The summed E-state index contributed by atoms with van der Waals surface area (Å²) in [6, 6.07) is 0.626. The fraction of sp³-hybridized carbons (Fsp3) is 1.00. The van der Waals surface area contributed by atoms with Crippen molar-refractivity contribution in [3.63, 3.8) is 0 Å². The smallest absolute Gasteiger partial charge is 0.0634 e. The van der Waals surface area contributed by atoms with E-state index in [1.165, 1.54) is 6.42 Å². The standard InChI is InChI=1S/C14H32N2O/c1-12(2)10-13(16(5)6)11-15-9-8-14(3,4)17-7/h12-13,15H,8-11H2,1-7H3. The summed E-state index contributed by atoms with van der Waals surface area (Å²) in [4.78, 5) is 2.31. The molecular weight excluding hydrogens is 212 g/mol. The SMILES string of the molecule is COC(C)(C)CCNCC(CC(C)C)N(C)C. The van der Waals surface area contributed by atoms with Gasteiger partial charge in [0, 0.05) is 19.7 Å². The highest BCUT2D eigenvalue weighted by molar-refractivity contribution is 4.73. The normalized spacial score (nSPS) is 14.6. The fourth-order valence-corrected chi connectivity index (χ4v) is 1.78. The Labute approximate surface area is 108 Å². The third-order valence-corrected chi connectivity index (χ3v) is 3.31. The number of nitrogens with one attached hydrogen (secondary N) is 1. The first-order chi connectivity index (χ1) is 7.78. The zero-order valence-corrected chi connectivity index (χ0v) is 12.8. The predicted octanol–water partition coefficient (Wildman–Crippen LogP) is 2.37. The molecule has 104 valence electrons.